The van der Waals surface area contributed by atoms with Crippen molar-refractivity contribution in [2.24, 2.45) is 0 Å². The van der Waals surface area contributed by atoms with Crippen LogP contribution in [0.1, 0.15) is 28.3 Å². The lowest BCUT2D eigenvalue weighted by Gasteiger charge is -2.19. The first-order chi connectivity index (χ1) is 17.2. The second-order valence-electron chi connectivity index (χ2n) is 8.23. The molecule has 0 aliphatic heterocycles. The lowest BCUT2D eigenvalue weighted by molar-refractivity contribution is 0.305. The first-order valence-corrected chi connectivity index (χ1v) is 12.2. The highest BCUT2D eigenvalue weighted by Crippen LogP contribution is 2.38. The van der Waals surface area contributed by atoms with E-state index in [-0.39, 0.29) is 11.7 Å². The molecule has 4 aromatic carbocycles. The van der Waals surface area contributed by atoms with Crippen LogP contribution in [-0.4, -0.2) is 4.98 Å². The van der Waals surface area contributed by atoms with Gasteiger partial charge in [-0.05, 0) is 69.0 Å². The summed E-state index contributed by atoms with van der Waals surface area (Å²) in [7, 11) is 0. The Balaban J connectivity index is 1.53. The highest BCUT2D eigenvalue weighted by molar-refractivity contribution is 9.10. The van der Waals surface area contributed by atoms with E-state index in [4.69, 9.17) is 9.72 Å². The Bertz CT molecular complexity index is 1370. The SMILES string of the molecule is Fc1ccc(COc2c(Br)cccc2-c2cccc(C(c3ccccc3)c3ccccc3)n2)cc1. The molecule has 0 fully saturated rings. The average Bonchev–Trinajstić information content (AvgIpc) is 2.90. The van der Waals surface area contributed by atoms with Gasteiger partial charge < -0.3 is 4.74 Å². The van der Waals surface area contributed by atoms with Crippen LogP contribution >= 0.6 is 15.9 Å². The van der Waals surface area contributed by atoms with E-state index in [9.17, 15) is 4.39 Å². The zero-order valence-corrected chi connectivity index (χ0v) is 20.5. The smallest absolute Gasteiger partial charge is 0.143 e. The lowest BCUT2D eigenvalue weighted by atomic mass is 9.88. The molecular formula is C31H23BrFNO. The minimum atomic E-state index is -0.261. The summed E-state index contributed by atoms with van der Waals surface area (Å²) in [5, 5.41) is 0. The van der Waals surface area contributed by atoms with Crippen LogP contribution in [0.3, 0.4) is 0 Å². The number of aromatic nitrogens is 1. The third kappa shape index (κ3) is 5.33. The normalized spacial score (nSPS) is 10.9. The Kier molecular flexibility index (Phi) is 7.01. The van der Waals surface area contributed by atoms with Gasteiger partial charge in [0.15, 0.2) is 0 Å². The van der Waals surface area contributed by atoms with Crippen LogP contribution in [0, 0.1) is 5.82 Å². The maximum absolute atomic E-state index is 13.3. The summed E-state index contributed by atoms with van der Waals surface area (Å²) in [5.74, 6) is 0.452. The molecule has 0 saturated heterocycles. The van der Waals surface area contributed by atoms with Crippen LogP contribution in [-0.2, 0) is 6.61 Å². The van der Waals surface area contributed by atoms with Crippen LogP contribution < -0.4 is 4.74 Å². The van der Waals surface area contributed by atoms with Gasteiger partial charge >= 0.3 is 0 Å². The number of ether oxygens (including phenoxy) is 1. The molecule has 0 amide bonds. The van der Waals surface area contributed by atoms with Crippen molar-refractivity contribution in [2.45, 2.75) is 12.5 Å². The number of nitrogens with zero attached hydrogens (tertiary/aromatic N) is 1. The molecule has 0 saturated carbocycles. The molecule has 172 valence electrons. The molecule has 4 heteroatoms. The summed E-state index contributed by atoms with van der Waals surface area (Å²) in [6.45, 7) is 0.326. The lowest BCUT2D eigenvalue weighted by Crippen LogP contribution is -2.06. The average molecular weight is 524 g/mol. The van der Waals surface area contributed by atoms with E-state index in [0.717, 1.165) is 27.0 Å². The van der Waals surface area contributed by atoms with E-state index >= 15 is 0 Å². The molecule has 0 atom stereocenters. The second kappa shape index (κ2) is 10.7. The van der Waals surface area contributed by atoms with Gasteiger partial charge in [0.05, 0.1) is 21.8 Å². The van der Waals surface area contributed by atoms with E-state index in [1.165, 1.54) is 23.3 Å². The van der Waals surface area contributed by atoms with E-state index in [1.54, 1.807) is 12.1 Å². The van der Waals surface area contributed by atoms with E-state index in [0.29, 0.717) is 12.4 Å². The summed E-state index contributed by atoms with van der Waals surface area (Å²) < 4.78 is 20.3. The third-order valence-electron chi connectivity index (χ3n) is 5.87. The quantitative estimate of drug-likeness (QED) is 0.213. The van der Waals surface area contributed by atoms with Crippen molar-refractivity contribution in [1.82, 2.24) is 4.98 Å². The largest absolute Gasteiger partial charge is 0.487 e. The fourth-order valence-electron chi connectivity index (χ4n) is 4.18. The second-order valence-corrected chi connectivity index (χ2v) is 9.09. The molecule has 0 unspecified atom stereocenters. The Morgan fingerprint density at radius 1 is 0.686 bits per heavy atom. The molecule has 0 N–H and O–H groups in total. The van der Waals surface area contributed by atoms with Gasteiger partial charge in [-0.25, -0.2) is 4.39 Å². The zero-order chi connectivity index (χ0) is 24.0. The standard InChI is InChI=1S/C31H23BrFNO/c32-27-14-7-13-26(31(27)35-21-22-17-19-25(33)20-18-22)28-15-8-16-29(34-28)30(23-9-3-1-4-10-23)24-11-5-2-6-12-24/h1-20,30H,21H2. The maximum atomic E-state index is 13.3. The van der Waals surface area contributed by atoms with Gasteiger partial charge in [-0.15, -0.1) is 0 Å². The summed E-state index contributed by atoms with van der Waals surface area (Å²) in [6.07, 6.45) is 0. The highest BCUT2D eigenvalue weighted by atomic mass is 79.9. The molecule has 2 nitrogen and oxygen atoms in total. The molecule has 1 aromatic heterocycles. The van der Waals surface area contributed by atoms with Gasteiger partial charge in [-0.3, -0.25) is 4.98 Å². The van der Waals surface area contributed by atoms with Crippen molar-refractivity contribution >= 4 is 15.9 Å². The van der Waals surface area contributed by atoms with Gasteiger partial charge in [0.1, 0.15) is 18.2 Å². The summed E-state index contributed by atoms with van der Waals surface area (Å²) >= 11 is 3.64. The molecule has 0 aliphatic carbocycles. The first-order valence-electron chi connectivity index (χ1n) is 11.4. The van der Waals surface area contributed by atoms with Crippen LogP contribution in [0.15, 0.2) is 126 Å². The van der Waals surface area contributed by atoms with E-state index < -0.39 is 0 Å². The number of rotatable bonds is 7. The van der Waals surface area contributed by atoms with E-state index in [2.05, 4.69) is 70.5 Å². The number of hydrogen-bond acceptors (Lipinski definition) is 2. The summed E-state index contributed by atoms with van der Waals surface area (Å²) in [5.41, 5.74) is 5.95. The summed E-state index contributed by atoms with van der Waals surface area (Å²) in [6, 6.07) is 39.3. The predicted octanol–water partition coefficient (Wildman–Crippen LogP) is 8.41. The van der Waals surface area contributed by atoms with Crippen molar-refractivity contribution in [3.63, 3.8) is 0 Å². The van der Waals surface area contributed by atoms with Crippen molar-refractivity contribution in [1.29, 1.82) is 0 Å². The van der Waals surface area contributed by atoms with Gasteiger partial charge in [0.25, 0.3) is 0 Å². The Morgan fingerprint density at radius 3 is 1.97 bits per heavy atom. The monoisotopic (exact) mass is 523 g/mol. The van der Waals surface area contributed by atoms with Crippen molar-refractivity contribution in [3.8, 4) is 17.0 Å². The first kappa shape index (κ1) is 23.0. The van der Waals surface area contributed by atoms with Crippen LogP contribution in [0.4, 0.5) is 4.39 Å². The molecular weight excluding hydrogens is 501 g/mol. The topological polar surface area (TPSA) is 22.1 Å². The molecule has 5 rings (SSSR count). The van der Waals surface area contributed by atoms with Crippen LogP contribution in [0.5, 0.6) is 5.75 Å². The fourth-order valence-corrected chi connectivity index (χ4v) is 4.66. The Hall–Kier alpha value is -3.76. The zero-order valence-electron chi connectivity index (χ0n) is 18.9. The van der Waals surface area contributed by atoms with Gasteiger partial charge in [-0.2, -0.15) is 0 Å². The van der Waals surface area contributed by atoms with Crippen LogP contribution in [0.2, 0.25) is 0 Å². The molecule has 5 aromatic rings. The molecule has 0 radical (unpaired) electrons. The van der Waals surface area contributed by atoms with Gasteiger partial charge in [0, 0.05) is 5.56 Å². The van der Waals surface area contributed by atoms with Crippen LogP contribution in [0.25, 0.3) is 11.3 Å². The number of para-hydroxylation sites is 1. The Morgan fingerprint density at radius 2 is 1.31 bits per heavy atom. The summed E-state index contributed by atoms with van der Waals surface area (Å²) in [4.78, 5) is 5.11. The molecule has 1 heterocycles. The van der Waals surface area contributed by atoms with Gasteiger partial charge in [0.2, 0.25) is 0 Å². The number of hydrogen-bond donors (Lipinski definition) is 0. The number of halogens is 2. The molecule has 0 aliphatic rings. The van der Waals surface area contributed by atoms with E-state index in [1.807, 2.05) is 42.5 Å². The van der Waals surface area contributed by atoms with Crippen molar-refractivity contribution in [3.05, 3.63) is 154 Å². The molecule has 0 bridgehead atoms. The Labute approximate surface area is 213 Å². The fraction of sp³-hybridized carbons (Fsp3) is 0.0645. The minimum absolute atomic E-state index is 0.00749. The molecule has 35 heavy (non-hydrogen) atoms. The predicted molar refractivity (Wildman–Crippen MR) is 142 cm³/mol. The minimum Gasteiger partial charge on any atom is -0.487 e. The highest BCUT2D eigenvalue weighted by Gasteiger charge is 2.19. The molecule has 0 spiro atoms. The van der Waals surface area contributed by atoms with Crippen molar-refractivity contribution in [2.75, 3.05) is 0 Å². The maximum Gasteiger partial charge on any atom is 0.143 e. The number of benzene rings is 4. The van der Waals surface area contributed by atoms with Crippen molar-refractivity contribution < 1.29 is 9.13 Å². The van der Waals surface area contributed by atoms with Gasteiger partial charge in [-0.1, -0.05) is 84.9 Å². The third-order valence-corrected chi connectivity index (χ3v) is 6.50. The number of pyridine rings is 1.